The lowest BCUT2D eigenvalue weighted by atomic mass is 10.1. The Balaban J connectivity index is 2.24. The fraction of sp³-hybridized carbons (Fsp3) is 0.462. The highest BCUT2D eigenvalue weighted by Gasteiger charge is 2.24. The third-order valence-corrected chi connectivity index (χ3v) is 3.69. The van der Waals surface area contributed by atoms with E-state index in [1.807, 2.05) is 0 Å². The van der Waals surface area contributed by atoms with E-state index in [0.29, 0.717) is 34.4 Å². The summed E-state index contributed by atoms with van der Waals surface area (Å²) in [6.07, 6.45) is 1.07. The largest absolute Gasteiger partial charge is 0.494 e. The van der Waals surface area contributed by atoms with Crippen molar-refractivity contribution in [1.29, 1.82) is 0 Å². The highest BCUT2D eigenvalue weighted by Crippen LogP contribution is 2.34. The third-order valence-electron chi connectivity index (χ3n) is 3.13. The molecular formula is C13H15Cl2NO3. The molecule has 1 aromatic rings. The van der Waals surface area contributed by atoms with Crippen LogP contribution in [0.15, 0.2) is 12.1 Å². The van der Waals surface area contributed by atoms with Gasteiger partial charge in [-0.2, -0.15) is 0 Å². The number of likely N-dealkylation sites (tertiary alicyclic amines) is 1. The number of hydrogen-bond donors (Lipinski definition) is 1. The zero-order valence-electron chi connectivity index (χ0n) is 10.5. The number of methoxy groups -OCH3 is 1. The molecule has 1 aliphatic heterocycles. The lowest BCUT2D eigenvalue weighted by Gasteiger charge is -2.30. The van der Waals surface area contributed by atoms with Crippen LogP contribution in [0.4, 0.5) is 0 Å². The first-order chi connectivity index (χ1) is 9.02. The Hall–Kier alpha value is -0.970. The van der Waals surface area contributed by atoms with Gasteiger partial charge in [-0.15, -0.1) is 0 Å². The first-order valence-corrected chi connectivity index (χ1v) is 6.79. The fourth-order valence-electron chi connectivity index (χ4n) is 2.20. The molecule has 1 aromatic carbocycles. The number of aliphatic hydroxyl groups is 1. The van der Waals surface area contributed by atoms with Crippen molar-refractivity contribution in [3.63, 3.8) is 0 Å². The molecule has 1 aliphatic rings. The summed E-state index contributed by atoms with van der Waals surface area (Å²) in [5, 5.41) is 10.2. The number of rotatable bonds is 2. The fourth-order valence-corrected chi connectivity index (χ4v) is 2.84. The van der Waals surface area contributed by atoms with E-state index in [1.165, 1.54) is 19.2 Å². The zero-order valence-corrected chi connectivity index (χ0v) is 12.0. The van der Waals surface area contributed by atoms with Crippen LogP contribution in [-0.4, -0.2) is 42.2 Å². The molecule has 4 nitrogen and oxygen atoms in total. The number of carbonyl (C=O) groups excluding carboxylic acids is 1. The molecule has 1 saturated heterocycles. The molecule has 0 unspecified atom stereocenters. The number of hydrogen-bond acceptors (Lipinski definition) is 3. The lowest BCUT2D eigenvalue weighted by molar-refractivity contribution is 0.0473. The molecule has 1 amide bonds. The Bertz CT molecular complexity index is 470. The maximum atomic E-state index is 12.3. The van der Waals surface area contributed by atoms with Crippen LogP contribution >= 0.6 is 23.2 Å². The molecule has 1 heterocycles. The number of amides is 1. The van der Waals surface area contributed by atoms with Crippen LogP contribution in [0.5, 0.6) is 5.75 Å². The van der Waals surface area contributed by atoms with E-state index in [9.17, 15) is 9.90 Å². The number of nitrogens with zero attached hydrogens (tertiary/aromatic N) is 1. The summed E-state index contributed by atoms with van der Waals surface area (Å²) in [6.45, 7) is 0.983. The number of β-amino-alcohol motifs (C(OH)–C–C–N with tert-alkyl or cyclic N) is 1. The number of halogens is 2. The van der Waals surface area contributed by atoms with Gasteiger partial charge in [-0.05, 0) is 25.0 Å². The van der Waals surface area contributed by atoms with E-state index in [-0.39, 0.29) is 5.91 Å². The van der Waals surface area contributed by atoms with E-state index in [1.54, 1.807) is 4.90 Å². The third kappa shape index (κ3) is 3.14. The molecule has 19 heavy (non-hydrogen) atoms. The molecule has 1 fully saturated rings. The number of benzene rings is 1. The van der Waals surface area contributed by atoms with Gasteiger partial charge in [0.15, 0.2) is 5.75 Å². The lowest BCUT2D eigenvalue weighted by Crippen LogP contribution is -2.42. The summed E-state index contributed by atoms with van der Waals surface area (Å²) in [6, 6.07) is 3.07. The van der Waals surface area contributed by atoms with Crippen LogP contribution in [0.3, 0.4) is 0 Å². The summed E-state index contributed by atoms with van der Waals surface area (Å²) in [5.41, 5.74) is 0.407. The predicted octanol–water partition coefficient (Wildman–Crippen LogP) is 2.60. The van der Waals surface area contributed by atoms with Gasteiger partial charge in [-0.3, -0.25) is 4.79 Å². The van der Waals surface area contributed by atoms with Crippen molar-refractivity contribution in [2.75, 3.05) is 20.2 Å². The molecule has 0 aromatic heterocycles. The number of carbonyl (C=O) groups is 1. The van der Waals surface area contributed by atoms with Crippen molar-refractivity contribution in [2.45, 2.75) is 18.9 Å². The van der Waals surface area contributed by atoms with Crippen LogP contribution in [-0.2, 0) is 0 Å². The minimum absolute atomic E-state index is 0.176. The van der Waals surface area contributed by atoms with Crippen molar-refractivity contribution in [3.8, 4) is 5.75 Å². The van der Waals surface area contributed by atoms with Crippen molar-refractivity contribution >= 4 is 29.1 Å². The molecule has 0 aliphatic carbocycles. The van der Waals surface area contributed by atoms with E-state index >= 15 is 0 Å². The summed E-state index contributed by atoms with van der Waals surface area (Å²) in [7, 11) is 1.47. The first-order valence-electron chi connectivity index (χ1n) is 6.03. The van der Waals surface area contributed by atoms with Crippen molar-refractivity contribution in [1.82, 2.24) is 4.90 Å². The second-order valence-corrected chi connectivity index (χ2v) is 5.33. The summed E-state index contributed by atoms with van der Waals surface area (Å²) >= 11 is 12.0. The van der Waals surface area contributed by atoms with Crippen LogP contribution in [0.1, 0.15) is 23.2 Å². The molecule has 0 saturated carbocycles. The van der Waals surface area contributed by atoms with Gasteiger partial charge in [-0.25, -0.2) is 0 Å². The van der Waals surface area contributed by atoms with Crippen molar-refractivity contribution in [2.24, 2.45) is 0 Å². The normalized spacial score (nSPS) is 19.4. The minimum Gasteiger partial charge on any atom is -0.494 e. The van der Waals surface area contributed by atoms with Gasteiger partial charge in [0.2, 0.25) is 0 Å². The van der Waals surface area contributed by atoms with E-state index in [4.69, 9.17) is 27.9 Å². The minimum atomic E-state index is -0.457. The summed E-state index contributed by atoms with van der Waals surface area (Å²) in [5.74, 6) is 0.184. The molecular weight excluding hydrogens is 289 g/mol. The van der Waals surface area contributed by atoms with E-state index in [2.05, 4.69) is 0 Å². The second kappa shape index (κ2) is 5.99. The highest BCUT2D eigenvalue weighted by atomic mass is 35.5. The number of ether oxygens (including phenoxy) is 1. The second-order valence-electron chi connectivity index (χ2n) is 4.52. The van der Waals surface area contributed by atoms with Gasteiger partial charge in [-0.1, -0.05) is 23.2 Å². The quantitative estimate of drug-likeness (QED) is 0.913. The molecule has 1 atom stereocenters. The molecule has 104 valence electrons. The Morgan fingerprint density at radius 2 is 2.05 bits per heavy atom. The summed E-state index contributed by atoms with van der Waals surface area (Å²) in [4.78, 5) is 13.9. The average Bonchev–Trinajstić information content (AvgIpc) is 2.37. The van der Waals surface area contributed by atoms with Crippen LogP contribution < -0.4 is 4.74 Å². The molecule has 1 N–H and O–H groups in total. The number of piperidine rings is 1. The first kappa shape index (κ1) is 14.4. The van der Waals surface area contributed by atoms with E-state index in [0.717, 1.165) is 12.8 Å². The van der Waals surface area contributed by atoms with Gasteiger partial charge in [0.05, 0.1) is 23.3 Å². The molecule has 0 bridgehead atoms. The Kier molecular flexibility index (Phi) is 4.55. The van der Waals surface area contributed by atoms with Gasteiger partial charge in [0, 0.05) is 18.7 Å². The Morgan fingerprint density at radius 3 is 2.58 bits per heavy atom. The van der Waals surface area contributed by atoms with Gasteiger partial charge >= 0.3 is 0 Å². The smallest absolute Gasteiger partial charge is 0.254 e. The standard InChI is InChI=1S/C13H15Cl2NO3/c1-19-12-10(14)5-8(6-11(12)15)13(18)16-4-2-3-9(17)7-16/h5-6,9,17H,2-4,7H2,1H3/t9-/m0/s1. The maximum absolute atomic E-state index is 12.3. The van der Waals surface area contributed by atoms with Crippen LogP contribution in [0.25, 0.3) is 0 Å². The monoisotopic (exact) mass is 303 g/mol. The van der Waals surface area contributed by atoms with Crippen molar-refractivity contribution < 1.29 is 14.6 Å². The zero-order chi connectivity index (χ0) is 14.0. The van der Waals surface area contributed by atoms with Crippen molar-refractivity contribution in [3.05, 3.63) is 27.7 Å². The number of aliphatic hydroxyl groups excluding tert-OH is 1. The molecule has 0 spiro atoms. The van der Waals surface area contributed by atoms with Crippen LogP contribution in [0.2, 0.25) is 10.0 Å². The Labute approximate surface area is 121 Å². The Morgan fingerprint density at radius 1 is 1.42 bits per heavy atom. The summed E-state index contributed by atoms with van der Waals surface area (Å²) < 4.78 is 5.04. The predicted molar refractivity (Wildman–Crippen MR) is 74.2 cm³/mol. The van der Waals surface area contributed by atoms with Gasteiger partial charge < -0.3 is 14.7 Å². The SMILES string of the molecule is COc1c(Cl)cc(C(=O)N2CCC[C@H](O)C2)cc1Cl. The molecule has 0 radical (unpaired) electrons. The molecule has 6 heteroatoms. The average molecular weight is 304 g/mol. The topological polar surface area (TPSA) is 49.8 Å². The van der Waals surface area contributed by atoms with Gasteiger partial charge in [0.25, 0.3) is 5.91 Å². The van der Waals surface area contributed by atoms with Gasteiger partial charge in [0.1, 0.15) is 0 Å². The highest BCUT2D eigenvalue weighted by molar-refractivity contribution is 6.37. The maximum Gasteiger partial charge on any atom is 0.254 e. The van der Waals surface area contributed by atoms with Crippen LogP contribution in [0, 0.1) is 0 Å². The van der Waals surface area contributed by atoms with E-state index < -0.39 is 6.10 Å². The molecule has 2 rings (SSSR count).